The lowest BCUT2D eigenvalue weighted by atomic mass is 9.98. The predicted molar refractivity (Wildman–Crippen MR) is 100 cm³/mol. The van der Waals surface area contributed by atoms with E-state index in [-0.39, 0.29) is 11.5 Å². The van der Waals surface area contributed by atoms with Crippen molar-refractivity contribution in [3.05, 3.63) is 64.7 Å². The highest BCUT2D eigenvalue weighted by atomic mass is 35.5. The van der Waals surface area contributed by atoms with Gasteiger partial charge in [0.15, 0.2) is 0 Å². The van der Waals surface area contributed by atoms with Gasteiger partial charge in [-0.05, 0) is 43.0 Å². The summed E-state index contributed by atoms with van der Waals surface area (Å²) in [5.74, 6) is 0.171. The first-order valence-corrected chi connectivity index (χ1v) is 8.34. The highest BCUT2D eigenvalue weighted by Crippen LogP contribution is 2.43. The number of halogens is 1. The molecule has 0 aromatic heterocycles. The number of aromatic hydroxyl groups is 2. The van der Waals surface area contributed by atoms with Crippen molar-refractivity contribution in [2.45, 2.75) is 20.4 Å². The maximum absolute atomic E-state index is 10.8. The minimum Gasteiger partial charge on any atom is -0.507 e. The molecule has 24 heavy (non-hydrogen) atoms. The first-order valence-electron chi connectivity index (χ1n) is 7.96. The van der Waals surface area contributed by atoms with E-state index in [1.54, 1.807) is 6.07 Å². The molecule has 2 N–H and O–H groups in total. The molecule has 0 aliphatic rings. The van der Waals surface area contributed by atoms with E-state index >= 15 is 0 Å². The molecule has 3 aromatic carbocycles. The maximum atomic E-state index is 10.8. The minimum absolute atomic E-state index is 0.0491. The summed E-state index contributed by atoms with van der Waals surface area (Å²) in [4.78, 5) is 2.09. The Morgan fingerprint density at radius 1 is 0.958 bits per heavy atom. The SMILES string of the molecule is CCN(Cc1c(O)c(C)c2cccc(Cl)c2c1O)c1ccccc1. The van der Waals surface area contributed by atoms with Crippen LogP contribution < -0.4 is 4.90 Å². The Hall–Kier alpha value is -2.39. The van der Waals surface area contributed by atoms with E-state index in [4.69, 9.17) is 11.6 Å². The number of rotatable bonds is 4. The van der Waals surface area contributed by atoms with Gasteiger partial charge in [0.1, 0.15) is 11.5 Å². The van der Waals surface area contributed by atoms with Gasteiger partial charge < -0.3 is 15.1 Å². The van der Waals surface area contributed by atoms with Gasteiger partial charge in [-0.25, -0.2) is 0 Å². The van der Waals surface area contributed by atoms with Gasteiger partial charge in [-0.1, -0.05) is 41.9 Å². The molecule has 0 saturated carbocycles. The van der Waals surface area contributed by atoms with Gasteiger partial charge >= 0.3 is 0 Å². The number of aryl methyl sites for hydroxylation is 1. The molecule has 0 radical (unpaired) electrons. The average molecular weight is 342 g/mol. The largest absolute Gasteiger partial charge is 0.507 e. The van der Waals surface area contributed by atoms with E-state index in [2.05, 4.69) is 4.90 Å². The van der Waals surface area contributed by atoms with Crippen LogP contribution in [0.4, 0.5) is 5.69 Å². The number of hydrogen-bond donors (Lipinski definition) is 2. The van der Waals surface area contributed by atoms with E-state index < -0.39 is 0 Å². The van der Waals surface area contributed by atoms with Gasteiger partial charge in [-0.3, -0.25) is 0 Å². The number of benzene rings is 3. The van der Waals surface area contributed by atoms with Crippen LogP contribution in [0.15, 0.2) is 48.5 Å². The molecule has 0 unspecified atom stereocenters. The molecule has 0 atom stereocenters. The number of phenols is 2. The molecule has 3 rings (SSSR count). The topological polar surface area (TPSA) is 43.7 Å². The standard InChI is InChI=1S/C20H20ClNO2/c1-3-22(14-8-5-4-6-9-14)12-16-19(23)13(2)15-10-7-11-17(21)18(15)20(16)24/h4-11,23-24H,3,12H2,1-2H3. The zero-order valence-corrected chi connectivity index (χ0v) is 14.5. The molecule has 0 saturated heterocycles. The van der Waals surface area contributed by atoms with Gasteiger partial charge in [0.05, 0.1) is 17.1 Å². The normalized spacial score (nSPS) is 11.0. The van der Waals surface area contributed by atoms with Crippen molar-refractivity contribution in [2.24, 2.45) is 0 Å². The van der Waals surface area contributed by atoms with Crippen LogP contribution in [-0.2, 0) is 6.54 Å². The van der Waals surface area contributed by atoms with Gasteiger partial charge in [0.25, 0.3) is 0 Å². The molecule has 3 nitrogen and oxygen atoms in total. The Morgan fingerprint density at radius 3 is 2.33 bits per heavy atom. The average Bonchev–Trinajstić information content (AvgIpc) is 2.60. The van der Waals surface area contributed by atoms with Gasteiger partial charge in [0.2, 0.25) is 0 Å². The molecule has 0 amide bonds. The minimum atomic E-state index is 0.0491. The van der Waals surface area contributed by atoms with Crippen molar-refractivity contribution < 1.29 is 10.2 Å². The summed E-state index contributed by atoms with van der Waals surface area (Å²) in [5, 5.41) is 23.2. The molecule has 0 fully saturated rings. The molecule has 0 bridgehead atoms. The number of hydrogen-bond acceptors (Lipinski definition) is 3. The summed E-state index contributed by atoms with van der Waals surface area (Å²) in [5.41, 5.74) is 2.26. The van der Waals surface area contributed by atoms with Crippen LogP contribution in [-0.4, -0.2) is 16.8 Å². The lowest BCUT2D eigenvalue weighted by Gasteiger charge is -2.25. The Labute approximate surface area is 146 Å². The zero-order valence-electron chi connectivity index (χ0n) is 13.8. The number of fused-ring (bicyclic) bond motifs is 1. The summed E-state index contributed by atoms with van der Waals surface area (Å²) < 4.78 is 0. The van der Waals surface area contributed by atoms with Crippen molar-refractivity contribution in [1.29, 1.82) is 0 Å². The second-order valence-electron chi connectivity index (χ2n) is 5.81. The van der Waals surface area contributed by atoms with Crippen LogP contribution in [0.2, 0.25) is 5.02 Å². The highest BCUT2D eigenvalue weighted by Gasteiger charge is 2.20. The Kier molecular flexibility index (Phi) is 4.54. The zero-order chi connectivity index (χ0) is 17.3. The summed E-state index contributed by atoms with van der Waals surface area (Å²) in [6, 6.07) is 15.4. The molecule has 4 heteroatoms. The fraction of sp³-hybridized carbons (Fsp3) is 0.200. The van der Waals surface area contributed by atoms with Gasteiger partial charge in [-0.15, -0.1) is 0 Å². The van der Waals surface area contributed by atoms with Crippen LogP contribution in [0.3, 0.4) is 0 Å². The van der Waals surface area contributed by atoms with E-state index in [0.29, 0.717) is 22.5 Å². The lowest BCUT2D eigenvalue weighted by Crippen LogP contribution is -2.22. The van der Waals surface area contributed by atoms with E-state index in [1.165, 1.54) is 0 Å². The molecule has 0 aliphatic carbocycles. The molecule has 0 heterocycles. The summed E-state index contributed by atoms with van der Waals surface area (Å²) in [6.45, 7) is 5.04. The molecule has 0 aliphatic heterocycles. The first kappa shape index (κ1) is 16.5. The second-order valence-corrected chi connectivity index (χ2v) is 6.22. The molecular weight excluding hydrogens is 322 g/mol. The number of para-hydroxylation sites is 1. The molecular formula is C20H20ClNO2. The number of anilines is 1. The maximum Gasteiger partial charge on any atom is 0.133 e. The predicted octanol–water partition coefficient (Wildman–Crippen LogP) is 5.24. The Balaban J connectivity index is 2.14. The third kappa shape index (κ3) is 2.76. The van der Waals surface area contributed by atoms with E-state index in [1.807, 2.05) is 56.3 Å². The van der Waals surface area contributed by atoms with E-state index in [9.17, 15) is 10.2 Å². The van der Waals surface area contributed by atoms with Crippen LogP contribution in [0, 0.1) is 6.92 Å². The van der Waals surface area contributed by atoms with Crippen LogP contribution >= 0.6 is 11.6 Å². The molecule has 124 valence electrons. The van der Waals surface area contributed by atoms with Crippen molar-refractivity contribution in [3.8, 4) is 11.5 Å². The molecule has 3 aromatic rings. The fourth-order valence-corrected chi connectivity index (χ4v) is 3.32. The van der Waals surface area contributed by atoms with Gasteiger partial charge in [0, 0.05) is 17.6 Å². The summed E-state index contributed by atoms with van der Waals surface area (Å²) >= 11 is 6.29. The van der Waals surface area contributed by atoms with Crippen molar-refractivity contribution >= 4 is 28.1 Å². The smallest absolute Gasteiger partial charge is 0.133 e. The van der Waals surface area contributed by atoms with Crippen molar-refractivity contribution in [1.82, 2.24) is 0 Å². The Bertz CT molecular complexity index is 878. The van der Waals surface area contributed by atoms with Crippen LogP contribution in [0.25, 0.3) is 10.8 Å². The van der Waals surface area contributed by atoms with Crippen LogP contribution in [0.1, 0.15) is 18.1 Å². The monoisotopic (exact) mass is 341 g/mol. The molecule has 0 spiro atoms. The highest BCUT2D eigenvalue weighted by molar-refractivity contribution is 6.36. The second kappa shape index (κ2) is 6.62. The quantitative estimate of drug-likeness (QED) is 0.682. The van der Waals surface area contributed by atoms with Crippen molar-refractivity contribution in [3.63, 3.8) is 0 Å². The third-order valence-electron chi connectivity index (χ3n) is 4.43. The van der Waals surface area contributed by atoms with Gasteiger partial charge in [-0.2, -0.15) is 0 Å². The Morgan fingerprint density at radius 2 is 1.67 bits per heavy atom. The van der Waals surface area contributed by atoms with Crippen LogP contribution in [0.5, 0.6) is 11.5 Å². The summed E-state index contributed by atoms with van der Waals surface area (Å²) in [7, 11) is 0. The lowest BCUT2D eigenvalue weighted by molar-refractivity contribution is 0.439. The van der Waals surface area contributed by atoms with Crippen molar-refractivity contribution in [2.75, 3.05) is 11.4 Å². The first-order chi connectivity index (χ1) is 11.5. The number of nitrogens with zero attached hydrogens (tertiary/aromatic N) is 1. The van der Waals surface area contributed by atoms with E-state index in [0.717, 1.165) is 23.2 Å². The fourth-order valence-electron chi connectivity index (χ4n) is 3.06. The summed E-state index contributed by atoms with van der Waals surface area (Å²) in [6.07, 6.45) is 0. The number of phenolic OH excluding ortho intramolecular Hbond substituents is 2. The third-order valence-corrected chi connectivity index (χ3v) is 4.75.